The zero-order valence-electron chi connectivity index (χ0n) is 16.0. The monoisotopic (exact) mass is 384 g/mol. The fraction of sp³-hybridized carbons (Fsp3) is 0.350. The van der Waals surface area contributed by atoms with Crippen LogP contribution in [-0.2, 0) is 4.79 Å². The average Bonchev–Trinajstić information content (AvgIpc) is 2.73. The molecule has 1 fully saturated rings. The first-order chi connectivity index (χ1) is 13.5. The molecule has 1 N–H and O–H groups in total. The van der Waals surface area contributed by atoms with E-state index in [9.17, 15) is 14.9 Å². The highest BCUT2D eigenvalue weighted by atomic mass is 16.6. The number of anilines is 2. The molecule has 0 saturated carbocycles. The lowest BCUT2D eigenvalue weighted by atomic mass is 10.2. The van der Waals surface area contributed by atoms with Gasteiger partial charge in [0.1, 0.15) is 5.75 Å². The molecular weight excluding hydrogens is 360 g/mol. The first-order valence-electron chi connectivity index (χ1n) is 9.17. The predicted octanol–water partition coefficient (Wildman–Crippen LogP) is 2.75. The van der Waals surface area contributed by atoms with Crippen molar-refractivity contribution in [2.24, 2.45) is 0 Å². The molecule has 8 nitrogen and oxygen atoms in total. The van der Waals surface area contributed by atoms with E-state index < -0.39 is 4.92 Å². The Balaban J connectivity index is 1.59. The van der Waals surface area contributed by atoms with Crippen LogP contribution in [0.25, 0.3) is 0 Å². The number of amides is 1. The molecule has 0 aliphatic carbocycles. The number of nitrogens with one attached hydrogen (secondary N) is 1. The van der Waals surface area contributed by atoms with Gasteiger partial charge < -0.3 is 15.0 Å². The van der Waals surface area contributed by atoms with Gasteiger partial charge >= 0.3 is 0 Å². The molecule has 1 heterocycles. The fourth-order valence-corrected chi connectivity index (χ4v) is 3.35. The molecule has 0 bridgehead atoms. The zero-order chi connectivity index (χ0) is 20.1. The van der Waals surface area contributed by atoms with Crippen molar-refractivity contribution in [3.63, 3.8) is 0 Å². The van der Waals surface area contributed by atoms with Crippen molar-refractivity contribution < 1.29 is 14.5 Å². The largest absolute Gasteiger partial charge is 0.495 e. The third kappa shape index (κ3) is 4.40. The van der Waals surface area contributed by atoms with Crippen molar-refractivity contribution in [3.8, 4) is 5.75 Å². The van der Waals surface area contributed by atoms with Crippen LogP contribution in [0.4, 0.5) is 17.1 Å². The molecule has 148 valence electrons. The van der Waals surface area contributed by atoms with E-state index in [4.69, 9.17) is 4.74 Å². The van der Waals surface area contributed by atoms with Gasteiger partial charge in [-0.05, 0) is 25.1 Å². The molecule has 1 atom stereocenters. The predicted molar refractivity (Wildman–Crippen MR) is 108 cm³/mol. The highest BCUT2D eigenvalue weighted by Crippen LogP contribution is 2.28. The van der Waals surface area contributed by atoms with Gasteiger partial charge in [-0.2, -0.15) is 0 Å². The maximum Gasteiger partial charge on any atom is 0.271 e. The first-order valence-corrected chi connectivity index (χ1v) is 9.17. The van der Waals surface area contributed by atoms with Gasteiger partial charge in [-0.1, -0.05) is 18.2 Å². The number of para-hydroxylation sites is 2. The lowest BCUT2D eigenvalue weighted by Crippen LogP contribution is -2.52. The third-order valence-corrected chi connectivity index (χ3v) is 4.99. The lowest BCUT2D eigenvalue weighted by molar-refractivity contribution is -0.384. The number of hydrogen-bond acceptors (Lipinski definition) is 6. The third-order valence-electron chi connectivity index (χ3n) is 4.99. The molecular formula is C20H24N4O4. The van der Waals surface area contributed by atoms with Crippen molar-refractivity contribution in [2.75, 3.05) is 43.5 Å². The van der Waals surface area contributed by atoms with Gasteiger partial charge in [0.25, 0.3) is 5.69 Å². The number of ether oxygens (including phenoxy) is 1. The highest BCUT2D eigenvalue weighted by molar-refractivity contribution is 5.94. The van der Waals surface area contributed by atoms with Gasteiger partial charge in [0.2, 0.25) is 5.91 Å². The SMILES string of the molecule is COc1ccccc1N1CCN([C@@H](C)C(=O)Nc2cccc([N+](=O)[O-])c2)CC1. The normalized spacial score (nSPS) is 15.7. The standard InChI is InChI=1S/C20H24N4O4/c1-15(20(25)21-16-6-5-7-17(14-16)24(26)27)22-10-12-23(13-11-22)18-8-3-4-9-19(18)28-2/h3-9,14-15H,10-13H2,1-2H3,(H,21,25)/t15-/m0/s1. The molecule has 0 spiro atoms. The van der Waals surface area contributed by atoms with E-state index in [0.717, 1.165) is 37.6 Å². The number of methoxy groups -OCH3 is 1. The van der Waals surface area contributed by atoms with Crippen molar-refractivity contribution in [1.82, 2.24) is 4.90 Å². The Bertz CT molecular complexity index is 850. The molecule has 0 aromatic heterocycles. The second-order valence-corrected chi connectivity index (χ2v) is 6.67. The smallest absolute Gasteiger partial charge is 0.271 e. The highest BCUT2D eigenvalue weighted by Gasteiger charge is 2.26. The van der Waals surface area contributed by atoms with Crippen LogP contribution in [-0.4, -0.2) is 55.1 Å². The van der Waals surface area contributed by atoms with Crippen molar-refractivity contribution in [2.45, 2.75) is 13.0 Å². The molecule has 3 rings (SSSR count). The summed E-state index contributed by atoms with van der Waals surface area (Å²) in [4.78, 5) is 27.4. The number of hydrogen-bond donors (Lipinski definition) is 1. The minimum absolute atomic E-state index is 0.0455. The van der Waals surface area contributed by atoms with E-state index in [-0.39, 0.29) is 17.6 Å². The van der Waals surface area contributed by atoms with Crippen LogP contribution >= 0.6 is 0 Å². The van der Waals surface area contributed by atoms with Crippen LogP contribution in [0.5, 0.6) is 5.75 Å². The maximum atomic E-state index is 12.6. The van der Waals surface area contributed by atoms with E-state index in [2.05, 4.69) is 15.1 Å². The zero-order valence-corrected chi connectivity index (χ0v) is 16.0. The van der Waals surface area contributed by atoms with Crippen molar-refractivity contribution >= 4 is 23.0 Å². The van der Waals surface area contributed by atoms with E-state index in [1.807, 2.05) is 31.2 Å². The Morgan fingerprint density at radius 1 is 1.14 bits per heavy atom. The van der Waals surface area contributed by atoms with E-state index in [1.165, 1.54) is 12.1 Å². The summed E-state index contributed by atoms with van der Waals surface area (Å²) in [5.41, 5.74) is 1.44. The Hall–Kier alpha value is -3.13. The summed E-state index contributed by atoms with van der Waals surface area (Å²) in [5, 5.41) is 13.7. The Morgan fingerprint density at radius 3 is 2.54 bits per heavy atom. The van der Waals surface area contributed by atoms with E-state index in [1.54, 1.807) is 19.2 Å². The average molecular weight is 384 g/mol. The number of nitro groups is 1. The molecule has 2 aromatic carbocycles. The second kappa shape index (κ2) is 8.71. The maximum absolute atomic E-state index is 12.6. The van der Waals surface area contributed by atoms with Crippen molar-refractivity contribution in [1.29, 1.82) is 0 Å². The Kier molecular flexibility index (Phi) is 6.10. The fourth-order valence-electron chi connectivity index (χ4n) is 3.35. The van der Waals surface area contributed by atoms with E-state index >= 15 is 0 Å². The number of carbonyl (C=O) groups excluding carboxylic acids is 1. The number of nitrogens with zero attached hydrogens (tertiary/aromatic N) is 3. The van der Waals surface area contributed by atoms with Gasteiger partial charge in [-0.15, -0.1) is 0 Å². The Morgan fingerprint density at radius 2 is 1.86 bits per heavy atom. The summed E-state index contributed by atoms with van der Waals surface area (Å²) >= 11 is 0. The molecule has 1 aliphatic rings. The van der Waals surface area contributed by atoms with E-state index in [0.29, 0.717) is 5.69 Å². The number of benzene rings is 2. The summed E-state index contributed by atoms with van der Waals surface area (Å²) in [5.74, 6) is 0.665. The quantitative estimate of drug-likeness (QED) is 0.609. The lowest BCUT2D eigenvalue weighted by Gasteiger charge is -2.38. The first kappa shape index (κ1) is 19.6. The van der Waals surface area contributed by atoms with Crippen LogP contribution < -0.4 is 15.0 Å². The summed E-state index contributed by atoms with van der Waals surface area (Å²) < 4.78 is 5.44. The number of rotatable bonds is 6. The number of non-ortho nitro benzene ring substituents is 1. The molecule has 0 radical (unpaired) electrons. The summed E-state index contributed by atoms with van der Waals surface area (Å²) in [6, 6.07) is 13.5. The van der Waals surface area contributed by atoms with Gasteiger partial charge in [0.15, 0.2) is 0 Å². The molecule has 1 amide bonds. The number of piperazine rings is 1. The molecule has 8 heteroatoms. The number of carbonyl (C=O) groups is 1. The topological polar surface area (TPSA) is 88.0 Å². The summed E-state index contributed by atoms with van der Waals surface area (Å²) in [7, 11) is 1.66. The van der Waals surface area contributed by atoms with Gasteiger partial charge in [0.05, 0.1) is 23.8 Å². The molecule has 0 unspecified atom stereocenters. The molecule has 1 saturated heterocycles. The minimum atomic E-state index is -0.476. The summed E-state index contributed by atoms with van der Waals surface area (Å²) in [6.07, 6.45) is 0. The van der Waals surface area contributed by atoms with Gasteiger partial charge in [-0.25, -0.2) is 0 Å². The minimum Gasteiger partial charge on any atom is -0.495 e. The molecule has 1 aliphatic heterocycles. The summed E-state index contributed by atoms with van der Waals surface area (Å²) in [6.45, 7) is 4.90. The second-order valence-electron chi connectivity index (χ2n) is 6.67. The van der Waals surface area contributed by atoms with Crippen LogP contribution in [0, 0.1) is 10.1 Å². The molecule has 2 aromatic rings. The van der Waals surface area contributed by atoms with Crippen LogP contribution in [0.15, 0.2) is 48.5 Å². The number of nitro benzene ring substituents is 1. The van der Waals surface area contributed by atoms with Crippen LogP contribution in [0.1, 0.15) is 6.92 Å². The van der Waals surface area contributed by atoms with Gasteiger partial charge in [-0.3, -0.25) is 19.8 Å². The molecule has 28 heavy (non-hydrogen) atoms. The van der Waals surface area contributed by atoms with Crippen molar-refractivity contribution in [3.05, 3.63) is 58.6 Å². The van der Waals surface area contributed by atoms with Crippen LogP contribution in [0.3, 0.4) is 0 Å². The Labute approximate surface area is 163 Å². The van der Waals surface area contributed by atoms with Gasteiger partial charge in [0, 0.05) is 44.0 Å². The van der Waals surface area contributed by atoms with Crippen LogP contribution in [0.2, 0.25) is 0 Å².